The Morgan fingerprint density at radius 1 is 1.32 bits per heavy atom. The lowest BCUT2D eigenvalue weighted by atomic mass is 10.1. The number of pyridine rings is 1. The van der Waals surface area contributed by atoms with E-state index in [0.717, 1.165) is 26.8 Å². The largest absolute Gasteiger partial charge is 0.316 e. The number of rotatable bonds is 4. The van der Waals surface area contributed by atoms with E-state index in [1.165, 1.54) is 16.9 Å². The second kappa shape index (κ2) is 5.64. The highest BCUT2D eigenvalue weighted by atomic mass is 32.2. The number of fused-ring (bicyclic) bond motifs is 1. The molecule has 0 saturated carbocycles. The van der Waals surface area contributed by atoms with Crippen LogP contribution in [0.25, 0.3) is 10.9 Å². The molecule has 96 valence electrons. The Morgan fingerprint density at radius 2 is 2.21 bits per heavy atom. The van der Waals surface area contributed by atoms with Crippen molar-refractivity contribution in [1.82, 2.24) is 20.5 Å². The Bertz CT molecular complexity index is 682. The Labute approximate surface area is 119 Å². The monoisotopic (exact) mass is 288 g/mol. The van der Waals surface area contributed by atoms with Gasteiger partial charge >= 0.3 is 0 Å². The van der Waals surface area contributed by atoms with Crippen molar-refractivity contribution in [3.05, 3.63) is 41.4 Å². The molecule has 19 heavy (non-hydrogen) atoms. The molecular formula is C13H12N4S2. The Kier molecular flexibility index (Phi) is 3.72. The summed E-state index contributed by atoms with van der Waals surface area (Å²) in [6.07, 6.45) is 0. The first-order valence-electron chi connectivity index (χ1n) is 5.84. The SMILES string of the molecule is CNCc1cc2ccccc2nc1Sc1nncs1. The van der Waals surface area contributed by atoms with Crippen molar-refractivity contribution in [2.24, 2.45) is 0 Å². The number of aromatic nitrogens is 3. The third-order valence-corrected chi connectivity index (χ3v) is 4.48. The molecule has 0 amide bonds. The van der Waals surface area contributed by atoms with E-state index in [1.54, 1.807) is 17.3 Å². The summed E-state index contributed by atoms with van der Waals surface area (Å²) in [6, 6.07) is 10.3. The van der Waals surface area contributed by atoms with Gasteiger partial charge in [-0.1, -0.05) is 29.5 Å². The van der Waals surface area contributed by atoms with Crippen LogP contribution in [-0.2, 0) is 6.54 Å². The van der Waals surface area contributed by atoms with Crippen molar-refractivity contribution in [2.45, 2.75) is 15.9 Å². The van der Waals surface area contributed by atoms with Crippen molar-refractivity contribution in [3.63, 3.8) is 0 Å². The van der Waals surface area contributed by atoms with Gasteiger partial charge in [-0.15, -0.1) is 10.2 Å². The lowest BCUT2D eigenvalue weighted by molar-refractivity contribution is 0.793. The van der Waals surface area contributed by atoms with Gasteiger partial charge < -0.3 is 5.32 Å². The highest BCUT2D eigenvalue weighted by molar-refractivity contribution is 8.01. The molecule has 0 aliphatic rings. The van der Waals surface area contributed by atoms with Gasteiger partial charge in [0.2, 0.25) is 0 Å². The first-order chi connectivity index (χ1) is 9.36. The second-order valence-electron chi connectivity index (χ2n) is 3.98. The summed E-state index contributed by atoms with van der Waals surface area (Å²) in [5.74, 6) is 0. The molecule has 0 radical (unpaired) electrons. The highest BCUT2D eigenvalue weighted by Gasteiger charge is 2.10. The minimum Gasteiger partial charge on any atom is -0.316 e. The molecular weight excluding hydrogens is 276 g/mol. The lowest BCUT2D eigenvalue weighted by Gasteiger charge is -2.08. The van der Waals surface area contributed by atoms with Crippen LogP contribution in [0.1, 0.15) is 5.56 Å². The molecule has 0 fully saturated rings. The van der Waals surface area contributed by atoms with E-state index >= 15 is 0 Å². The number of nitrogens with one attached hydrogen (secondary N) is 1. The van der Waals surface area contributed by atoms with Gasteiger partial charge in [-0.05, 0) is 36.5 Å². The van der Waals surface area contributed by atoms with Gasteiger partial charge in [0.1, 0.15) is 10.5 Å². The van der Waals surface area contributed by atoms with Crippen molar-refractivity contribution in [3.8, 4) is 0 Å². The number of hydrogen-bond donors (Lipinski definition) is 1. The van der Waals surface area contributed by atoms with Crippen molar-refractivity contribution in [1.29, 1.82) is 0 Å². The number of para-hydroxylation sites is 1. The maximum atomic E-state index is 4.73. The Morgan fingerprint density at radius 3 is 3.00 bits per heavy atom. The van der Waals surface area contributed by atoms with Gasteiger partial charge in [-0.25, -0.2) is 4.98 Å². The molecule has 3 aromatic rings. The van der Waals surface area contributed by atoms with Gasteiger partial charge in [0.05, 0.1) is 5.52 Å². The molecule has 4 nitrogen and oxygen atoms in total. The fraction of sp³-hybridized carbons (Fsp3) is 0.154. The summed E-state index contributed by atoms with van der Waals surface area (Å²) in [5.41, 5.74) is 3.93. The van der Waals surface area contributed by atoms with Crippen LogP contribution in [0, 0.1) is 0 Å². The zero-order chi connectivity index (χ0) is 13.1. The second-order valence-corrected chi connectivity index (χ2v) is 6.05. The van der Waals surface area contributed by atoms with Crippen molar-refractivity contribution < 1.29 is 0 Å². The summed E-state index contributed by atoms with van der Waals surface area (Å²) >= 11 is 3.10. The molecule has 0 spiro atoms. The minimum atomic E-state index is 0.791. The summed E-state index contributed by atoms with van der Waals surface area (Å²) in [5, 5.41) is 13.3. The lowest BCUT2D eigenvalue weighted by Crippen LogP contribution is -2.07. The first kappa shape index (κ1) is 12.5. The standard InChI is InChI=1S/C13H12N4S2/c1-14-7-10-6-9-4-2-3-5-11(9)16-12(10)19-13-17-15-8-18-13/h2-6,8,14H,7H2,1H3. The number of hydrogen-bond acceptors (Lipinski definition) is 6. The van der Waals surface area contributed by atoms with E-state index in [2.05, 4.69) is 27.6 Å². The average molecular weight is 288 g/mol. The minimum absolute atomic E-state index is 0.791. The molecule has 6 heteroatoms. The zero-order valence-corrected chi connectivity index (χ0v) is 12.0. The predicted molar refractivity (Wildman–Crippen MR) is 78.5 cm³/mol. The molecule has 0 saturated heterocycles. The van der Waals surface area contributed by atoms with E-state index in [1.807, 2.05) is 25.2 Å². The van der Waals surface area contributed by atoms with Gasteiger partial charge in [-0.3, -0.25) is 0 Å². The third kappa shape index (κ3) is 2.75. The quantitative estimate of drug-likeness (QED) is 0.800. The van der Waals surface area contributed by atoms with Crippen LogP contribution >= 0.6 is 23.1 Å². The van der Waals surface area contributed by atoms with E-state index in [-0.39, 0.29) is 0 Å². The van der Waals surface area contributed by atoms with Crippen LogP contribution < -0.4 is 5.32 Å². The maximum absolute atomic E-state index is 4.73. The molecule has 1 aromatic carbocycles. The normalized spacial score (nSPS) is 11.0. The molecule has 1 N–H and O–H groups in total. The summed E-state index contributed by atoms with van der Waals surface area (Å²) in [7, 11) is 1.94. The van der Waals surface area contributed by atoms with Crippen LogP contribution in [0.2, 0.25) is 0 Å². The van der Waals surface area contributed by atoms with Crippen LogP contribution in [0.3, 0.4) is 0 Å². The van der Waals surface area contributed by atoms with Gasteiger partial charge in [0, 0.05) is 11.9 Å². The summed E-state index contributed by atoms with van der Waals surface area (Å²) < 4.78 is 0.917. The summed E-state index contributed by atoms with van der Waals surface area (Å²) in [4.78, 5) is 4.73. The first-order valence-corrected chi connectivity index (χ1v) is 7.54. The van der Waals surface area contributed by atoms with Gasteiger partial charge in [0.25, 0.3) is 0 Å². The highest BCUT2D eigenvalue weighted by Crippen LogP contribution is 2.31. The fourth-order valence-electron chi connectivity index (χ4n) is 1.84. The fourth-order valence-corrected chi connectivity index (χ4v) is 3.33. The van der Waals surface area contributed by atoms with E-state index in [9.17, 15) is 0 Å². The topological polar surface area (TPSA) is 50.7 Å². The van der Waals surface area contributed by atoms with Gasteiger partial charge in [0.15, 0.2) is 4.34 Å². The van der Waals surface area contributed by atoms with E-state index in [0.29, 0.717) is 0 Å². The Hall–Kier alpha value is -1.50. The smallest absolute Gasteiger partial charge is 0.180 e. The molecule has 0 aliphatic heterocycles. The predicted octanol–water partition coefficient (Wildman–Crippen LogP) is 2.96. The average Bonchev–Trinajstić information content (AvgIpc) is 2.93. The van der Waals surface area contributed by atoms with E-state index in [4.69, 9.17) is 4.98 Å². The molecule has 3 rings (SSSR count). The molecule has 2 aromatic heterocycles. The van der Waals surface area contributed by atoms with Crippen molar-refractivity contribution >= 4 is 34.0 Å². The zero-order valence-electron chi connectivity index (χ0n) is 10.3. The number of benzene rings is 1. The maximum Gasteiger partial charge on any atom is 0.180 e. The van der Waals surface area contributed by atoms with E-state index < -0.39 is 0 Å². The van der Waals surface area contributed by atoms with Crippen molar-refractivity contribution in [2.75, 3.05) is 7.05 Å². The molecule has 0 bridgehead atoms. The molecule has 0 unspecified atom stereocenters. The van der Waals surface area contributed by atoms with Crippen LogP contribution in [0.5, 0.6) is 0 Å². The third-order valence-electron chi connectivity index (χ3n) is 2.65. The van der Waals surface area contributed by atoms with Crippen LogP contribution in [-0.4, -0.2) is 22.2 Å². The number of nitrogens with zero attached hydrogens (tertiary/aromatic N) is 3. The van der Waals surface area contributed by atoms with Crippen LogP contribution in [0.15, 0.2) is 45.2 Å². The van der Waals surface area contributed by atoms with Gasteiger partial charge in [-0.2, -0.15) is 0 Å². The molecule has 0 atom stereocenters. The Balaban J connectivity index is 2.06. The summed E-state index contributed by atoms with van der Waals surface area (Å²) in [6.45, 7) is 0.791. The molecule has 0 aliphatic carbocycles. The van der Waals surface area contributed by atoms with Crippen LogP contribution in [0.4, 0.5) is 0 Å². The molecule has 2 heterocycles.